The molecule has 2 atom stereocenters. The second kappa shape index (κ2) is 6.83. The van der Waals surface area contributed by atoms with Crippen LogP contribution in [0.1, 0.15) is 18.9 Å². The molecule has 5 nitrogen and oxygen atoms in total. The van der Waals surface area contributed by atoms with E-state index in [4.69, 9.17) is 10.5 Å². The lowest BCUT2D eigenvalue weighted by atomic mass is 10.1. The van der Waals surface area contributed by atoms with Crippen molar-refractivity contribution in [1.82, 2.24) is 4.90 Å². The Morgan fingerprint density at radius 3 is 2.95 bits per heavy atom. The van der Waals surface area contributed by atoms with E-state index in [0.29, 0.717) is 6.54 Å². The van der Waals surface area contributed by atoms with Crippen molar-refractivity contribution in [3.05, 3.63) is 29.8 Å². The van der Waals surface area contributed by atoms with Gasteiger partial charge in [0.2, 0.25) is 5.91 Å². The smallest absolute Gasteiger partial charge is 0.241 e. The molecule has 1 saturated heterocycles. The molecule has 1 aromatic carbocycles. The number of rotatable bonds is 5. The third-order valence-corrected chi connectivity index (χ3v) is 3.93. The first-order chi connectivity index (χ1) is 9.65. The summed E-state index contributed by atoms with van der Waals surface area (Å²) in [5, 5.41) is 2.97. The Morgan fingerprint density at radius 1 is 1.55 bits per heavy atom. The Morgan fingerprint density at radius 2 is 2.30 bits per heavy atom. The maximum Gasteiger partial charge on any atom is 0.241 e. The zero-order valence-corrected chi connectivity index (χ0v) is 12.1. The molecule has 1 amide bonds. The van der Waals surface area contributed by atoms with E-state index in [1.807, 2.05) is 31.2 Å². The summed E-state index contributed by atoms with van der Waals surface area (Å²) in [7, 11) is 1.72. The molecule has 5 heteroatoms. The SMILES string of the molecule is COC1CCN(C(C)C(=O)Nc2ccccc2CN)C1. The van der Waals surface area contributed by atoms with Gasteiger partial charge >= 0.3 is 0 Å². The van der Waals surface area contributed by atoms with Crippen molar-refractivity contribution < 1.29 is 9.53 Å². The summed E-state index contributed by atoms with van der Waals surface area (Å²) in [6.07, 6.45) is 1.22. The van der Waals surface area contributed by atoms with E-state index in [2.05, 4.69) is 10.2 Å². The van der Waals surface area contributed by atoms with Crippen LogP contribution < -0.4 is 11.1 Å². The largest absolute Gasteiger partial charge is 0.380 e. The summed E-state index contributed by atoms with van der Waals surface area (Å²) in [4.78, 5) is 14.5. The van der Waals surface area contributed by atoms with Gasteiger partial charge in [0.15, 0.2) is 0 Å². The van der Waals surface area contributed by atoms with Gasteiger partial charge in [-0.15, -0.1) is 0 Å². The molecule has 1 fully saturated rings. The number of hydrogen-bond acceptors (Lipinski definition) is 4. The summed E-state index contributed by atoms with van der Waals surface area (Å²) >= 11 is 0. The second-order valence-corrected chi connectivity index (χ2v) is 5.17. The van der Waals surface area contributed by atoms with E-state index in [0.717, 1.165) is 30.8 Å². The topological polar surface area (TPSA) is 67.6 Å². The van der Waals surface area contributed by atoms with E-state index in [1.165, 1.54) is 0 Å². The number of likely N-dealkylation sites (tertiary alicyclic amines) is 1. The number of carbonyl (C=O) groups excluding carboxylic acids is 1. The van der Waals surface area contributed by atoms with E-state index >= 15 is 0 Å². The minimum atomic E-state index is -0.166. The summed E-state index contributed by atoms with van der Waals surface area (Å²) in [6, 6.07) is 7.47. The Hall–Kier alpha value is -1.43. The zero-order chi connectivity index (χ0) is 14.5. The minimum absolute atomic E-state index is 0.00246. The molecular weight excluding hydrogens is 254 g/mol. The number of ether oxygens (including phenoxy) is 1. The van der Waals surface area contributed by atoms with Crippen molar-refractivity contribution in [1.29, 1.82) is 0 Å². The molecule has 20 heavy (non-hydrogen) atoms. The highest BCUT2D eigenvalue weighted by Crippen LogP contribution is 2.18. The van der Waals surface area contributed by atoms with Gasteiger partial charge in [0.1, 0.15) is 0 Å². The molecule has 1 aromatic rings. The van der Waals surface area contributed by atoms with Gasteiger partial charge < -0.3 is 15.8 Å². The molecule has 2 unspecified atom stereocenters. The highest BCUT2D eigenvalue weighted by molar-refractivity contribution is 5.95. The first-order valence-corrected chi connectivity index (χ1v) is 7.01. The van der Waals surface area contributed by atoms with E-state index < -0.39 is 0 Å². The number of para-hydroxylation sites is 1. The monoisotopic (exact) mass is 277 g/mol. The van der Waals surface area contributed by atoms with E-state index in [1.54, 1.807) is 7.11 Å². The summed E-state index contributed by atoms with van der Waals surface area (Å²) < 4.78 is 5.34. The van der Waals surface area contributed by atoms with Crippen LogP contribution in [0.2, 0.25) is 0 Å². The van der Waals surface area contributed by atoms with Crippen LogP contribution in [0.5, 0.6) is 0 Å². The predicted molar refractivity (Wildman–Crippen MR) is 79.4 cm³/mol. The van der Waals surface area contributed by atoms with Crippen LogP contribution in [-0.4, -0.2) is 43.2 Å². The fraction of sp³-hybridized carbons (Fsp3) is 0.533. The molecule has 1 aliphatic rings. The summed E-state index contributed by atoms with van der Waals surface area (Å²) in [5.41, 5.74) is 7.43. The molecule has 0 aromatic heterocycles. The maximum absolute atomic E-state index is 12.3. The average molecular weight is 277 g/mol. The van der Waals surface area contributed by atoms with Gasteiger partial charge in [-0.25, -0.2) is 0 Å². The molecule has 110 valence electrons. The predicted octanol–water partition coefficient (Wildman–Crippen LogP) is 1.19. The Balaban J connectivity index is 1.97. The van der Waals surface area contributed by atoms with Gasteiger partial charge in [0.05, 0.1) is 12.1 Å². The highest BCUT2D eigenvalue weighted by atomic mass is 16.5. The van der Waals surface area contributed by atoms with Crippen LogP contribution in [0.3, 0.4) is 0 Å². The number of nitrogens with one attached hydrogen (secondary N) is 1. The zero-order valence-electron chi connectivity index (χ0n) is 12.1. The Kier molecular flexibility index (Phi) is 5.11. The van der Waals surface area contributed by atoms with Crippen molar-refractivity contribution in [3.8, 4) is 0 Å². The molecule has 0 spiro atoms. The average Bonchev–Trinajstić information content (AvgIpc) is 2.95. The van der Waals surface area contributed by atoms with Crippen LogP contribution in [0, 0.1) is 0 Å². The van der Waals surface area contributed by atoms with Crippen molar-refractivity contribution in [3.63, 3.8) is 0 Å². The molecule has 1 aliphatic heterocycles. The normalized spacial score (nSPS) is 20.9. The standard InChI is InChI=1S/C15H23N3O2/c1-11(18-8-7-13(10-18)20-2)15(19)17-14-6-4-3-5-12(14)9-16/h3-6,11,13H,7-10,16H2,1-2H3,(H,17,19). The van der Waals surface area contributed by atoms with Gasteiger partial charge in [-0.3, -0.25) is 9.69 Å². The van der Waals surface area contributed by atoms with Gasteiger partial charge in [-0.1, -0.05) is 18.2 Å². The summed E-state index contributed by atoms with van der Waals surface area (Å²) in [6.45, 7) is 4.05. The fourth-order valence-electron chi connectivity index (χ4n) is 2.52. The fourth-order valence-corrected chi connectivity index (χ4v) is 2.52. The van der Waals surface area contributed by atoms with Gasteiger partial charge in [-0.05, 0) is 25.0 Å². The number of methoxy groups -OCH3 is 1. The van der Waals surface area contributed by atoms with Gasteiger partial charge in [-0.2, -0.15) is 0 Å². The second-order valence-electron chi connectivity index (χ2n) is 5.17. The number of anilines is 1. The van der Waals surface area contributed by atoms with E-state index in [-0.39, 0.29) is 18.1 Å². The molecule has 3 N–H and O–H groups in total. The molecule has 0 bridgehead atoms. The molecule has 0 radical (unpaired) electrons. The number of nitrogens with two attached hydrogens (primary N) is 1. The lowest BCUT2D eigenvalue weighted by Crippen LogP contribution is -2.41. The summed E-state index contributed by atoms with van der Waals surface area (Å²) in [5.74, 6) is 0.00246. The van der Waals surface area contributed by atoms with Gasteiger partial charge in [0.25, 0.3) is 0 Å². The number of amides is 1. The Labute approximate surface area is 120 Å². The van der Waals surface area contributed by atoms with Crippen LogP contribution in [0.4, 0.5) is 5.69 Å². The number of nitrogens with zero attached hydrogens (tertiary/aromatic N) is 1. The first-order valence-electron chi connectivity index (χ1n) is 7.01. The van der Waals surface area contributed by atoms with Crippen LogP contribution in [0.15, 0.2) is 24.3 Å². The third-order valence-electron chi connectivity index (χ3n) is 3.93. The quantitative estimate of drug-likeness (QED) is 0.848. The molecule has 1 heterocycles. The maximum atomic E-state index is 12.3. The number of hydrogen-bond donors (Lipinski definition) is 2. The van der Waals surface area contributed by atoms with Gasteiger partial charge in [0, 0.05) is 32.4 Å². The van der Waals surface area contributed by atoms with Crippen molar-refractivity contribution >= 4 is 11.6 Å². The third kappa shape index (κ3) is 3.36. The molecule has 0 aliphatic carbocycles. The van der Waals surface area contributed by atoms with Crippen molar-refractivity contribution in [2.45, 2.75) is 32.0 Å². The highest BCUT2D eigenvalue weighted by Gasteiger charge is 2.29. The van der Waals surface area contributed by atoms with Crippen LogP contribution in [0.25, 0.3) is 0 Å². The first kappa shape index (κ1) is 15.0. The Bertz CT molecular complexity index is 464. The molecule has 2 rings (SSSR count). The van der Waals surface area contributed by atoms with Crippen LogP contribution >= 0.6 is 0 Å². The minimum Gasteiger partial charge on any atom is -0.380 e. The number of benzene rings is 1. The lowest BCUT2D eigenvalue weighted by molar-refractivity contribution is -0.120. The van der Waals surface area contributed by atoms with Crippen molar-refractivity contribution in [2.75, 3.05) is 25.5 Å². The van der Waals surface area contributed by atoms with Crippen molar-refractivity contribution in [2.24, 2.45) is 5.73 Å². The van der Waals surface area contributed by atoms with Crippen LogP contribution in [-0.2, 0) is 16.1 Å². The molecule has 0 saturated carbocycles. The number of carbonyl (C=O) groups is 1. The van der Waals surface area contributed by atoms with E-state index in [9.17, 15) is 4.79 Å². The molecular formula is C15H23N3O2. The lowest BCUT2D eigenvalue weighted by Gasteiger charge is -2.23.